The normalized spacial score (nSPS) is 15.2. The Balaban J connectivity index is 2.33. The minimum absolute atomic E-state index is 0.969. The van der Waals surface area contributed by atoms with E-state index in [2.05, 4.69) is 57.4 Å². The Kier molecular flexibility index (Phi) is 5.05. The highest BCUT2D eigenvalue weighted by Gasteiger charge is 2.10. The monoisotopic (exact) mass is 269 g/mol. The maximum absolute atomic E-state index is 3.42. The van der Waals surface area contributed by atoms with Crippen LogP contribution in [-0.4, -0.2) is 6.54 Å². The minimum atomic E-state index is 0.969. The molecule has 2 rings (SSSR count). The molecule has 0 saturated carbocycles. The van der Waals surface area contributed by atoms with Gasteiger partial charge in [-0.3, -0.25) is 0 Å². The molecule has 0 spiro atoms. The summed E-state index contributed by atoms with van der Waals surface area (Å²) in [4.78, 5) is 0. The van der Waals surface area contributed by atoms with Crippen LogP contribution in [0.4, 0.5) is 0 Å². The molecule has 1 aromatic carbocycles. The number of rotatable bonds is 4. The lowest BCUT2D eigenvalue weighted by molar-refractivity contribution is 0.790. The van der Waals surface area contributed by atoms with Crippen LogP contribution in [0.3, 0.4) is 0 Å². The average molecular weight is 269 g/mol. The summed E-state index contributed by atoms with van der Waals surface area (Å²) in [5.74, 6) is 0. The molecule has 0 saturated heterocycles. The highest BCUT2D eigenvalue weighted by Crippen LogP contribution is 2.27. The number of unbranched alkanes of at least 4 members (excludes halogenated alkanes) is 1. The molecule has 1 aliphatic heterocycles. The van der Waals surface area contributed by atoms with E-state index in [9.17, 15) is 0 Å². The summed E-state index contributed by atoms with van der Waals surface area (Å²) in [7, 11) is 0. The molecule has 0 aliphatic carbocycles. The third-order valence-electron chi connectivity index (χ3n) is 4.16. The second-order valence-corrected chi connectivity index (χ2v) is 6.00. The minimum Gasteiger partial charge on any atom is -0.387 e. The van der Waals surface area contributed by atoms with Crippen LogP contribution in [-0.2, 0) is 6.42 Å². The van der Waals surface area contributed by atoms with E-state index in [4.69, 9.17) is 0 Å². The molecular weight excluding hydrogens is 242 g/mol. The van der Waals surface area contributed by atoms with Crippen molar-refractivity contribution in [3.05, 3.63) is 52.2 Å². The summed E-state index contributed by atoms with van der Waals surface area (Å²) in [5, 5.41) is 3.42. The smallest absolute Gasteiger partial charge is 0.0352 e. The van der Waals surface area contributed by atoms with Crippen molar-refractivity contribution in [2.75, 3.05) is 6.54 Å². The topological polar surface area (TPSA) is 12.0 Å². The molecule has 1 heterocycles. The molecule has 0 bridgehead atoms. The number of hydrogen-bond donors (Lipinski definition) is 1. The Hall–Kier alpha value is -1.50. The van der Waals surface area contributed by atoms with E-state index in [-0.39, 0.29) is 0 Å². The maximum atomic E-state index is 3.42. The van der Waals surface area contributed by atoms with Crippen molar-refractivity contribution in [3.8, 4) is 0 Å². The molecule has 0 amide bonds. The maximum Gasteiger partial charge on any atom is 0.0352 e. The number of benzene rings is 1. The number of hydrogen-bond acceptors (Lipinski definition) is 1. The standard InChI is InChI=1S/C19H27N/c1-5-6-7-17-11-19(16(4)10-15(17)3)18-9-8-14(2)12-20-13-18/h8,10-11,13,20H,5-7,9,12H2,1-4H3. The van der Waals surface area contributed by atoms with E-state index in [1.807, 2.05) is 0 Å². The van der Waals surface area contributed by atoms with Gasteiger partial charge in [0.1, 0.15) is 0 Å². The lowest BCUT2D eigenvalue weighted by Gasteiger charge is -2.14. The SMILES string of the molecule is CCCCc1cc(C2=CNCC(C)=CC2)c(C)cc1C. The Morgan fingerprint density at radius 1 is 1.10 bits per heavy atom. The lowest BCUT2D eigenvalue weighted by Crippen LogP contribution is -2.07. The van der Waals surface area contributed by atoms with Gasteiger partial charge in [0.05, 0.1) is 0 Å². The molecule has 0 fully saturated rings. The summed E-state index contributed by atoms with van der Waals surface area (Å²) >= 11 is 0. The zero-order valence-electron chi connectivity index (χ0n) is 13.3. The predicted octanol–water partition coefficient (Wildman–Crippen LogP) is 4.93. The van der Waals surface area contributed by atoms with Gasteiger partial charge in [0.25, 0.3) is 0 Å². The Morgan fingerprint density at radius 2 is 1.90 bits per heavy atom. The quantitative estimate of drug-likeness (QED) is 0.764. The first-order valence-electron chi connectivity index (χ1n) is 7.80. The van der Waals surface area contributed by atoms with Crippen LogP contribution in [0.1, 0.15) is 55.4 Å². The molecule has 108 valence electrons. The number of allylic oxidation sites excluding steroid dienone is 2. The van der Waals surface area contributed by atoms with Crippen LogP contribution in [0.25, 0.3) is 5.57 Å². The largest absolute Gasteiger partial charge is 0.387 e. The van der Waals surface area contributed by atoms with Gasteiger partial charge in [-0.05, 0) is 67.9 Å². The van der Waals surface area contributed by atoms with Crippen LogP contribution in [0.15, 0.2) is 30.0 Å². The van der Waals surface area contributed by atoms with Crippen molar-refractivity contribution in [2.24, 2.45) is 0 Å². The molecule has 0 radical (unpaired) electrons. The highest BCUT2D eigenvalue weighted by molar-refractivity contribution is 5.70. The van der Waals surface area contributed by atoms with Crippen molar-refractivity contribution in [2.45, 2.75) is 53.4 Å². The molecule has 0 unspecified atom stereocenters. The van der Waals surface area contributed by atoms with E-state index in [0.29, 0.717) is 0 Å². The van der Waals surface area contributed by atoms with Crippen molar-refractivity contribution in [3.63, 3.8) is 0 Å². The Labute approximate surface area is 123 Å². The molecule has 1 aromatic rings. The first kappa shape index (κ1) is 14.9. The van der Waals surface area contributed by atoms with Gasteiger partial charge < -0.3 is 5.32 Å². The van der Waals surface area contributed by atoms with Crippen LogP contribution < -0.4 is 5.32 Å². The third-order valence-corrected chi connectivity index (χ3v) is 4.16. The van der Waals surface area contributed by atoms with E-state index < -0.39 is 0 Å². The second kappa shape index (κ2) is 6.78. The van der Waals surface area contributed by atoms with Crippen LogP contribution in [0, 0.1) is 13.8 Å². The third kappa shape index (κ3) is 3.53. The summed E-state index contributed by atoms with van der Waals surface area (Å²) in [6.45, 7) is 9.89. The van der Waals surface area contributed by atoms with E-state index in [1.54, 1.807) is 0 Å². The zero-order valence-corrected chi connectivity index (χ0v) is 13.3. The summed E-state index contributed by atoms with van der Waals surface area (Å²) in [6, 6.07) is 4.77. The van der Waals surface area contributed by atoms with Crippen LogP contribution in [0.5, 0.6) is 0 Å². The summed E-state index contributed by atoms with van der Waals surface area (Å²) in [5.41, 5.74) is 8.60. The second-order valence-electron chi connectivity index (χ2n) is 6.00. The molecule has 1 N–H and O–H groups in total. The van der Waals surface area contributed by atoms with Gasteiger partial charge in [-0.1, -0.05) is 37.1 Å². The molecule has 0 atom stereocenters. The summed E-state index contributed by atoms with van der Waals surface area (Å²) in [6.07, 6.45) is 9.32. The van der Waals surface area contributed by atoms with Crippen molar-refractivity contribution in [1.29, 1.82) is 0 Å². The van der Waals surface area contributed by atoms with Gasteiger partial charge in [0.2, 0.25) is 0 Å². The van der Waals surface area contributed by atoms with Crippen molar-refractivity contribution in [1.82, 2.24) is 5.32 Å². The summed E-state index contributed by atoms with van der Waals surface area (Å²) < 4.78 is 0. The van der Waals surface area contributed by atoms with E-state index in [1.165, 1.54) is 52.7 Å². The van der Waals surface area contributed by atoms with Crippen molar-refractivity contribution < 1.29 is 0 Å². The molecular formula is C19H27N. The van der Waals surface area contributed by atoms with Gasteiger partial charge in [-0.15, -0.1) is 0 Å². The first-order chi connectivity index (χ1) is 9.61. The Bertz CT molecular complexity index is 535. The molecule has 1 heteroatoms. The van der Waals surface area contributed by atoms with Gasteiger partial charge in [-0.25, -0.2) is 0 Å². The molecule has 1 nitrogen and oxygen atoms in total. The van der Waals surface area contributed by atoms with E-state index >= 15 is 0 Å². The number of aryl methyl sites for hydroxylation is 3. The van der Waals surface area contributed by atoms with Gasteiger partial charge >= 0.3 is 0 Å². The van der Waals surface area contributed by atoms with E-state index in [0.717, 1.165) is 13.0 Å². The van der Waals surface area contributed by atoms with Crippen molar-refractivity contribution >= 4 is 5.57 Å². The zero-order chi connectivity index (χ0) is 14.5. The highest BCUT2D eigenvalue weighted by atomic mass is 14.8. The van der Waals surface area contributed by atoms with Crippen LogP contribution in [0.2, 0.25) is 0 Å². The van der Waals surface area contributed by atoms with Gasteiger partial charge in [0.15, 0.2) is 0 Å². The van der Waals surface area contributed by atoms with Gasteiger partial charge in [-0.2, -0.15) is 0 Å². The fourth-order valence-corrected chi connectivity index (χ4v) is 2.82. The predicted molar refractivity (Wildman–Crippen MR) is 88.9 cm³/mol. The number of nitrogens with one attached hydrogen (secondary N) is 1. The molecule has 0 aromatic heterocycles. The van der Waals surface area contributed by atoms with Gasteiger partial charge in [0, 0.05) is 12.7 Å². The molecule has 1 aliphatic rings. The molecule has 20 heavy (non-hydrogen) atoms. The lowest BCUT2D eigenvalue weighted by atomic mass is 9.92. The average Bonchev–Trinajstić information content (AvgIpc) is 2.63. The Morgan fingerprint density at radius 3 is 2.65 bits per heavy atom. The first-order valence-corrected chi connectivity index (χ1v) is 7.80. The fourth-order valence-electron chi connectivity index (χ4n) is 2.82. The van der Waals surface area contributed by atoms with Crippen LogP contribution >= 0.6 is 0 Å². The fraction of sp³-hybridized carbons (Fsp3) is 0.474.